The van der Waals surface area contributed by atoms with E-state index in [0.717, 1.165) is 23.8 Å². The van der Waals surface area contributed by atoms with Gasteiger partial charge in [0.2, 0.25) is 0 Å². The van der Waals surface area contributed by atoms with Crippen molar-refractivity contribution in [3.05, 3.63) is 71.3 Å². The average molecular weight is 405 g/mol. The number of nitrogens with zero attached hydrogens (tertiary/aromatic N) is 2. The van der Waals surface area contributed by atoms with Gasteiger partial charge in [-0.05, 0) is 50.1 Å². The maximum absolute atomic E-state index is 14.4. The fourth-order valence-electron chi connectivity index (χ4n) is 3.06. The van der Waals surface area contributed by atoms with Crippen LogP contribution in [0.15, 0.2) is 53.6 Å². The molecule has 3 rings (SSSR count). The van der Waals surface area contributed by atoms with Gasteiger partial charge in [0.05, 0.1) is 6.61 Å². The Hall–Kier alpha value is -2.45. The van der Waals surface area contributed by atoms with Crippen LogP contribution in [0.3, 0.4) is 0 Å². The molecule has 1 aliphatic heterocycles. The van der Waals surface area contributed by atoms with Crippen LogP contribution in [0, 0.1) is 11.6 Å². The second-order valence-corrected chi connectivity index (χ2v) is 7.45. The Morgan fingerprint density at radius 2 is 2.00 bits per heavy atom. The highest BCUT2D eigenvalue weighted by Crippen LogP contribution is 2.50. The number of thioether (sulfide) groups is 1. The first-order valence-electron chi connectivity index (χ1n) is 8.97. The molecule has 0 spiro atoms. The molecule has 1 aliphatic rings. The Morgan fingerprint density at radius 1 is 1.25 bits per heavy atom. The summed E-state index contributed by atoms with van der Waals surface area (Å²) in [5.41, 5.74) is 6.53. The lowest BCUT2D eigenvalue weighted by molar-refractivity contribution is 0.0821. The second-order valence-electron chi connectivity index (χ2n) is 6.18. The van der Waals surface area contributed by atoms with E-state index in [9.17, 15) is 13.6 Å². The van der Waals surface area contributed by atoms with E-state index < -0.39 is 22.6 Å². The van der Waals surface area contributed by atoms with E-state index in [1.165, 1.54) is 16.8 Å². The Kier molecular flexibility index (Phi) is 6.31. The maximum atomic E-state index is 14.4. The molecule has 5 nitrogen and oxygen atoms in total. The van der Waals surface area contributed by atoms with Crippen LogP contribution in [0.4, 0.5) is 13.6 Å². The van der Waals surface area contributed by atoms with Crippen molar-refractivity contribution in [2.75, 3.05) is 13.2 Å². The molecule has 1 amide bonds. The van der Waals surface area contributed by atoms with Gasteiger partial charge in [-0.25, -0.2) is 13.6 Å². The molecule has 8 heteroatoms. The number of hydrogen-bond acceptors (Lipinski definition) is 5. The number of carbonyl (C=O) groups is 1. The van der Waals surface area contributed by atoms with Gasteiger partial charge in [-0.15, -0.1) is 0 Å². The van der Waals surface area contributed by atoms with E-state index in [4.69, 9.17) is 10.5 Å². The number of rotatable bonds is 6. The standard InChI is InChI=1S/C20H21F2N3O2S/c1-2-27-19(26)25-20(11-6-12-23,14-7-4-3-5-8-14)28-18(24-25)16-13-15(21)9-10-17(16)22/h3-5,7-10,13H,2,6,11-12,23H2,1H3. The van der Waals surface area contributed by atoms with Gasteiger partial charge in [0, 0.05) is 5.56 Å². The number of ether oxygens (including phenoxy) is 1. The lowest BCUT2D eigenvalue weighted by Gasteiger charge is -2.35. The number of halogens is 2. The highest BCUT2D eigenvalue weighted by Gasteiger charge is 2.49. The van der Waals surface area contributed by atoms with Gasteiger partial charge in [-0.1, -0.05) is 42.1 Å². The highest BCUT2D eigenvalue weighted by atomic mass is 32.2. The largest absolute Gasteiger partial charge is 0.448 e. The lowest BCUT2D eigenvalue weighted by Crippen LogP contribution is -2.42. The minimum atomic E-state index is -0.957. The van der Waals surface area contributed by atoms with Crippen LogP contribution in [0.25, 0.3) is 0 Å². The number of nitrogens with two attached hydrogens (primary N) is 1. The van der Waals surface area contributed by atoms with Crippen LogP contribution in [0.2, 0.25) is 0 Å². The van der Waals surface area contributed by atoms with E-state index in [1.807, 2.05) is 30.3 Å². The van der Waals surface area contributed by atoms with E-state index in [2.05, 4.69) is 5.10 Å². The first-order chi connectivity index (χ1) is 13.5. The molecule has 2 aromatic rings. The van der Waals surface area contributed by atoms with E-state index in [1.54, 1.807) is 6.92 Å². The Labute approximate surface area is 166 Å². The van der Waals surface area contributed by atoms with Crippen molar-refractivity contribution in [1.29, 1.82) is 0 Å². The zero-order valence-corrected chi connectivity index (χ0v) is 16.2. The third-order valence-corrected chi connectivity index (χ3v) is 5.79. The van der Waals surface area contributed by atoms with E-state index in [-0.39, 0.29) is 17.2 Å². The van der Waals surface area contributed by atoms with Crippen LogP contribution in [-0.4, -0.2) is 29.3 Å². The van der Waals surface area contributed by atoms with Gasteiger partial charge < -0.3 is 10.5 Å². The van der Waals surface area contributed by atoms with Crippen LogP contribution >= 0.6 is 11.8 Å². The molecule has 0 saturated carbocycles. The number of hydrogen-bond donors (Lipinski definition) is 1. The van der Waals surface area contributed by atoms with Gasteiger partial charge in [0.25, 0.3) is 0 Å². The molecule has 0 aromatic heterocycles. The molecule has 0 fully saturated rings. The summed E-state index contributed by atoms with van der Waals surface area (Å²) >= 11 is 1.20. The molecular formula is C20H21F2N3O2S. The second kappa shape index (κ2) is 8.70. The third kappa shape index (κ3) is 3.88. The summed E-state index contributed by atoms with van der Waals surface area (Å²) in [6.45, 7) is 2.28. The Balaban J connectivity index is 2.12. The fraction of sp³-hybridized carbons (Fsp3) is 0.300. The highest BCUT2D eigenvalue weighted by molar-refractivity contribution is 8.15. The van der Waals surface area contributed by atoms with Crippen molar-refractivity contribution < 1.29 is 18.3 Å². The summed E-state index contributed by atoms with van der Waals surface area (Å²) in [6, 6.07) is 12.5. The van der Waals surface area contributed by atoms with Crippen molar-refractivity contribution in [2.24, 2.45) is 10.8 Å². The van der Waals surface area contributed by atoms with Crippen LogP contribution in [0.1, 0.15) is 30.9 Å². The quantitative estimate of drug-likeness (QED) is 0.772. The summed E-state index contributed by atoms with van der Waals surface area (Å²) in [6.07, 6.45) is 0.426. The van der Waals surface area contributed by atoms with Crippen molar-refractivity contribution in [1.82, 2.24) is 5.01 Å². The normalized spacial score (nSPS) is 18.9. The summed E-state index contributed by atoms with van der Waals surface area (Å²) in [4.78, 5) is 11.8. The first-order valence-corrected chi connectivity index (χ1v) is 9.79. The van der Waals surface area contributed by atoms with Gasteiger partial charge in [0.1, 0.15) is 21.5 Å². The minimum Gasteiger partial charge on any atom is -0.448 e. The first kappa shape index (κ1) is 20.3. The van der Waals surface area contributed by atoms with Gasteiger partial charge >= 0.3 is 6.09 Å². The van der Waals surface area contributed by atoms with Crippen molar-refractivity contribution >= 4 is 22.9 Å². The topological polar surface area (TPSA) is 67.9 Å². The zero-order chi connectivity index (χ0) is 20.1. The minimum absolute atomic E-state index is 0.00449. The Bertz CT molecular complexity index is 879. The number of hydrazone groups is 1. The van der Waals surface area contributed by atoms with E-state index >= 15 is 0 Å². The summed E-state index contributed by atoms with van der Waals surface area (Å²) < 4.78 is 33.3. The average Bonchev–Trinajstić information content (AvgIpc) is 3.10. The molecule has 1 unspecified atom stereocenters. The molecule has 0 bridgehead atoms. The molecule has 2 aromatic carbocycles. The Morgan fingerprint density at radius 3 is 2.68 bits per heavy atom. The number of amides is 1. The molecule has 2 N–H and O–H groups in total. The van der Waals surface area contributed by atoms with Gasteiger partial charge in [-0.3, -0.25) is 0 Å². The predicted octanol–water partition coefficient (Wildman–Crippen LogP) is 4.42. The molecule has 0 aliphatic carbocycles. The maximum Gasteiger partial charge on any atom is 0.432 e. The van der Waals surface area contributed by atoms with E-state index in [0.29, 0.717) is 19.4 Å². The lowest BCUT2D eigenvalue weighted by atomic mass is 10.0. The monoisotopic (exact) mass is 405 g/mol. The fourth-order valence-corrected chi connectivity index (χ4v) is 4.47. The third-order valence-electron chi connectivity index (χ3n) is 4.34. The van der Waals surface area contributed by atoms with Crippen LogP contribution in [0.5, 0.6) is 0 Å². The summed E-state index contributed by atoms with van der Waals surface area (Å²) in [5.74, 6) is -1.19. The van der Waals surface area contributed by atoms with Crippen molar-refractivity contribution in [3.8, 4) is 0 Å². The van der Waals surface area contributed by atoms with Crippen molar-refractivity contribution in [3.63, 3.8) is 0 Å². The van der Waals surface area contributed by atoms with Gasteiger partial charge in [0.15, 0.2) is 0 Å². The molecule has 1 heterocycles. The molecule has 148 valence electrons. The van der Waals surface area contributed by atoms with Crippen LogP contribution in [-0.2, 0) is 9.61 Å². The SMILES string of the molecule is CCOC(=O)N1N=C(c2cc(F)ccc2F)SC1(CCCN)c1ccccc1. The number of benzene rings is 2. The molecule has 28 heavy (non-hydrogen) atoms. The molecule has 1 atom stereocenters. The number of carbonyl (C=O) groups excluding carboxylic acids is 1. The molecular weight excluding hydrogens is 384 g/mol. The zero-order valence-electron chi connectivity index (χ0n) is 15.4. The van der Waals surface area contributed by atoms with Crippen molar-refractivity contribution in [2.45, 2.75) is 24.6 Å². The van der Waals surface area contributed by atoms with Gasteiger partial charge in [-0.2, -0.15) is 10.1 Å². The smallest absolute Gasteiger partial charge is 0.432 e. The summed E-state index contributed by atoms with van der Waals surface area (Å²) in [5, 5.41) is 5.79. The summed E-state index contributed by atoms with van der Waals surface area (Å²) in [7, 11) is 0. The predicted molar refractivity (Wildman–Crippen MR) is 106 cm³/mol. The molecule has 0 radical (unpaired) electrons. The molecule has 0 saturated heterocycles. The van der Waals surface area contributed by atoms with Crippen LogP contribution < -0.4 is 5.73 Å².